The van der Waals surface area contributed by atoms with Gasteiger partial charge in [-0.3, -0.25) is 0 Å². The van der Waals surface area contributed by atoms with Crippen LogP contribution in [0.3, 0.4) is 0 Å². The normalized spacial score (nSPS) is 36.7. The maximum atomic E-state index is 6.32. The zero-order valence-corrected chi connectivity index (χ0v) is 15.4. The van der Waals surface area contributed by atoms with Gasteiger partial charge in [-0.05, 0) is 69.4 Å². The quantitative estimate of drug-likeness (QED) is 0.725. The molecule has 0 spiro atoms. The molecule has 4 aliphatic rings. The molecule has 1 aromatic carbocycles. The van der Waals surface area contributed by atoms with E-state index in [1.165, 1.54) is 30.4 Å². The van der Waals surface area contributed by atoms with E-state index >= 15 is 0 Å². The third-order valence-corrected chi connectivity index (χ3v) is 7.01. The molecule has 3 aliphatic carbocycles. The number of hydrogen-bond acceptors (Lipinski definition) is 2. The molecule has 2 bridgehead atoms. The van der Waals surface area contributed by atoms with Crippen LogP contribution in [-0.2, 0) is 14.7 Å². The number of hydrogen-bond donors (Lipinski definition) is 0. The van der Waals surface area contributed by atoms with Gasteiger partial charge in [-0.25, -0.2) is 0 Å². The number of rotatable bonds is 3. The molecule has 1 saturated heterocycles. The summed E-state index contributed by atoms with van der Waals surface area (Å²) in [5, 5.41) is 0.266. The maximum absolute atomic E-state index is 6.32. The predicted molar refractivity (Wildman–Crippen MR) is 94.8 cm³/mol. The highest BCUT2D eigenvalue weighted by Crippen LogP contribution is 2.80. The molecule has 0 atom stereocenters. The summed E-state index contributed by atoms with van der Waals surface area (Å²) in [5.41, 5.74) is 2.93. The van der Waals surface area contributed by atoms with Crippen molar-refractivity contribution in [3.05, 3.63) is 35.4 Å². The first-order chi connectivity index (χ1) is 10.6. The van der Waals surface area contributed by atoms with Gasteiger partial charge in [0.25, 0.3) is 0 Å². The minimum atomic E-state index is -0.209. The Morgan fingerprint density at radius 2 is 1.35 bits per heavy atom. The maximum Gasteiger partial charge on any atom is 0.464 e. The van der Waals surface area contributed by atoms with Gasteiger partial charge in [-0.15, -0.1) is 0 Å². The van der Waals surface area contributed by atoms with Crippen LogP contribution in [0.4, 0.5) is 0 Å². The Kier molecular flexibility index (Phi) is 3.03. The average molecular weight is 312 g/mol. The van der Waals surface area contributed by atoms with E-state index < -0.39 is 0 Å². The van der Waals surface area contributed by atoms with Crippen molar-refractivity contribution in [3.63, 3.8) is 0 Å². The second-order valence-electron chi connectivity index (χ2n) is 9.54. The lowest BCUT2D eigenvalue weighted by molar-refractivity contribution is -0.0383. The Morgan fingerprint density at radius 3 is 1.78 bits per heavy atom. The van der Waals surface area contributed by atoms with Crippen LogP contribution >= 0.6 is 0 Å². The van der Waals surface area contributed by atoms with Gasteiger partial charge < -0.3 is 9.31 Å². The molecule has 3 heteroatoms. The summed E-state index contributed by atoms with van der Waals surface area (Å²) in [7, 11) is -0.0238. The van der Waals surface area contributed by atoms with Crippen molar-refractivity contribution in [1.82, 2.24) is 0 Å². The van der Waals surface area contributed by atoms with Gasteiger partial charge in [0, 0.05) is 5.31 Å². The standard InChI is InChI=1S/C20H29BO2/c1-14(2)15-7-9-16(10-8-15)19-11-20(12-19,13-19)21-22-17(3,4)18(5,6)23-21/h7-10,14H,11-13H2,1-6H3. The summed E-state index contributed by atoms with van der Waals surface area (Å²) in [6.07, 6.45) is 3.66. The topological polar surface area (TPSA) is 18.5 Å². The van der Waals surface area contributed by atoms with Crippen LogP contribution < -0.4 is 0 Å². The Bertz CT molecular complexity index is 594. The summed E-state index contributed by atoms with van der Waals surface area (Å²) in [6.45, 7) is 13.1. The molecule has 0 N–H and O–H groups in total. The predicted octanol–water partition coefficient (Wildman–Crippen LogP) is 5.08. The smallest absolute Gasteiger partial charge is 0.403 e. The first-order valence-corrected chi connectivity index (χ1v) is 9.05. The summed E-state index contributed by atoms with van der Waals surface area (Å²) in [5.74, 6) is 0.605. The van der Waals surface area contributed by atoms with Crippen molar-refractivity contribution in [3.8, 4) is 0 Å². The molecule has 0 radical (unpaired) electrons. The summed E-state index contributed by atoms with van der Waals surface area (Å²) in [6, 6.07) is 9.31. The van der Waals surface area contributed by atoms with Crippen molar-refractivity contribution >= 4 is 7.12 Å². The fourth-order valence-corrected chi connectivity index (χ4v) is 4.74. The summed E-state index contributed by atoms with van der Waals surface area (Å²) < 4.78 is 12.6. The summed E-state index contributed by atoms with van der Waals surface area (Å²) >= 11 is 0. The Balaban J connectivity index is 1.47. The lowest BCUT2D eigenvalue weighted by Crippen LogP contribution is -2.66. The fourth-order valence-electron chi connectivity index (χ4n) is 4.74. The van der Waals surface area contributed by atoms with Gasteiger partial charge >= 0.3 is 7.12 Å². The molecule has 0 unspecified atom stereocenters. The second kappa shape index (κ2) is 4.43. The lowest BCUT2D eigenvalue weighted by atomic mass is 9.23. The molecule has 2 nitrogen and oxygen atoms in total. The largest absolute Gasteiger partial charge is 0.464 e. The van der Waals surface area contributed by atoms with E-state index in [1.54, 1.807) is 0 Å². The zero-order chi connectivity index (χ0) is 16.7. The SMILES string of the molecule is CC(C)c1ccc(C23CC(B4OC(C)(C)C(C)(C)O4)(C2)C3)cc1. The molecule has 0 amide bonds. The molecule has 1 heterocycles. The highest BCUT2D eigenvalue weighted by atomic mass is 16.7. The molecule has 0 aromatic heterocycles. The molecular weight excluding hydrogens is 283 g/mol. The Hall–Kier alpha value is -0.795. The van der Waals surface area contributed by atoms with E-state index in [-0.39, 0.29) is 23.6 Å². The molecule has 1 aliphatic heterocycles. The van der Waals surface area contributed by atoms with Crippen molar-refractivity contribution in [2.24, 2.45) is 0 Å². The minimum absolute atomic E-state index is 0.0238. The molecule has 1 aromatic rings. The van der Waals surface area contributed by atoms with E-state index in [1.807, 2.05) is 0 Å². The van der Waals surface area contributed by atoms with Gasteiger partial charge in [0.2, 0.25) is 0 Å². The number of benzene rings is 1. The van der Waals surface area contributed by atoms with E-state index in [9.17, 15) is 0 Å². The molecule has 5 rings (SSSR count). The lowest BCUT2D eigenvalue weighted by Gasteiger charge is -2.71. The molecule has 23 heavy (non-hydrogen) atoms. The Labute approximate surface area is 141 Å². The second-order valence-corrected chi connectivity index (χ2v) is 9.54. The van der Waals surface area contributed by atoms with Crippen LogP contribution in [0.15, 0.2) is 24.3 Å². The van der Waals surface area contributed by atoms with Crippen LogP contribution in [0.1, 0.15) is 77.8 Å². The molecular formula is C20H29BO2. The van der Waals surface area contributed by atoms with Crippen LogP contribution in [-0.4, -0.2) is 18.3 Å². The van der Waals surface area contributed by atoms with Gasteiger partial charge in [0.1, 0.15) is 0 Å². The van der Waals surface area contributed by atoms with Crippen molar-refractivity contribution in [2.75, 3.05) is 0 Å². The third kappa shape index (κ3) is 2.02. The zero-order valence-electron chi connectivity index (χ0n) is 15.4. The molecule has 3 saturated carbocycles. The van der Waals surface area contributed by atoms with E-state index in [0.717, 1.165) is 0 Å². The fraction of sp³-hybridized carbons (Fsp3) is 0.700. The minimum Gasteiger partial charge on any atom is -0.403 e. The first-order valence-electron chi connectivity index (χ1n) is 9.05. The third-order valence-electron chi connectivity index (χ3n) is 7.01. The van der Waals surface area contributed by atoms with E-state index in [2.05, 4.69) is 65.8 Å². The van der Waals surface area contributed by atoms with Crippen molar-refractivity contribution < 1.29 is 9.31 Å². The van der Waals surface area contributed by atoms with Crippen LogP contribution in [0.2, 0.25) is 5.31 Å². The Morgan fingerprint density at radius 1 is 0.870 bits per heavy atom. The van der Waals surface area contributed by atoms with Crippen molar-refractivity contribution in [1.29, 1.82) is 0 Å². The van der Waals surface area contributed by atoms with Crippen molar-refractivity contribution in [2.45, 2.75) is 88.7 Å². The van der Waals surface area contributed by atoms with Gasteiger partial charge in [0.05, 0.1) is 11.2 Å². The van der Waals surface area contributed by atoms with Crippen LogP contribution in [0, 0.1) is 0 Å². The van der Waals surface area contributed by atoms with Crippen LogP contribution in [0.5, 0.6) is 0 Å². The average Bonchev–Trinajstić information content (AvgIpc) is 2.55. The molecule has 4 fully saturated rings. The first kappa shape index (κ1) is 15.7. The summed E-state index contributed by atoms with van der Waals surface area (Å²) in [4.78, 5) is 0. The highest BCUT2D eigenvalue weighted by molar-refractivity contribution is 6.51. The van der Waals surface area contributed by atoms with Gasteiger partial charge in [-0.2, -0.15) is 0 Å². The van der Waals surface area contributed by atoms with Gasteiger partial charge in [0.15, 0.2) is 0 Å². The van der Waals surface area contributed by atoms with Gasteiger partial charge in [-0.1, -0.05) is 38.1 Å². The molecule has 124 valence electrons. The van der Waals surface area contributed by atoms with Crippen LogP contribution in [0.25, 0.3) is 0 Å². The van der Waals surface area contributed by atoms with E-state index in [4.69, 9.17) is 9.31 Å². The van der Waals surface area contributed by atoms with E-state index in [0.29, 0.717) is 11.3 Å². The highest BCUT2D eigenvalue weighted by Gasteiger charge is 2.76. The monoisotopic (exact) mass is 312 g/mol.